The molecule has 1 aromatic rings. The Bertz CT molecular complexity index is 470. The van der Waals surface area contributed by atoms with Crippen molar-refractivity contribution in [1.29, 1.82) is 0 Å². The fourth-order valence-electron chi connectivity index (χ4n) is 2.37. The van der Waals surface area contributed by atoms with Crippen LogP contribution in [0.2, 0.25) is 0 Å². The number of hydrogen-bond donors (Lipinski definition) is 1. The van der Waals surface area contributed by atoms with Crippen LogP contribution < -0.4 is 15.4 Å². The zero-order valence-electron chi connectivity index (χ0n) is 12.8. The summed E-state index contributed by atoms with van der Waals surface area (Å²) in [6.45, 7) is 9.08. The van der Waals surface area contributed by atoms with E-state index in [2.05, 4.69) is 18.7 Å². The molecule has 0 heterocycles. The zero-order valence-corrected chi connectivity index (χ0v) is 12.8. The van der Waals surface area contributed by atoms with Crippen LogP contribution >= 0.6 is 0 Å². The number of ether oxygens (including phenoxy) is 1. The maximum atomic E-state index is 13.9. The van der Waals surface area contributed by atoms with Crippen molar-refractivity contribution in [2.24, 2.45) is 5.92 Å². The lowest BCUT2D eigenvalue weighted by Gasteiger charge is -2.28. The molecule has 0 bridgehead atoms. The van der Waals surface area contributed by atoms with Gasteiger partial charge in [0.1, 0.15) is 0 Å². The largest absolute Gasteiger partial charge is 0.488 e. The van der Waals surface area contributed by atoms with E-state index < -0.39 is 0 Å². The highest BCUT2D eigenvalue weighted by Gasteiger charge is 2.31. The molecule has 0 amide bonds. The molecule has 0 unspecified atom stereocenters. The Kier molecular flexibility index (Phi) is 4.41. The molecule has 3 nitrogen and oxygen atoms in total. The summed E-state index contributed by atoms with van der Waals surface area (Å²) in [6.07, 6.45) is 2.31. The van der Waals surface area contributed by atoms with Gasteiger partial charge in [-0.1, -0.05) is 13.8 Å². The van der Waals surface area contributed by atoms with Gasteiger partial charge in [-0.15, -0.1) is 0 Å². The van der Waals surface area contributed by atoms with Crippen LogP contribution in [-0.2, 0) is 0 Å². The molecular formula is C16H25FN2O. The first kappa shape index (κ1) is 14.9. The van der Waals surface area contributed by atoms with E-state index in [-0.39, 0.29) is 11.9 Å². The van der Waals surface area contributed by atoms with Crippen molar-refractivity contribution in [3.63, 3.8) is 0 Å². The van der Waals surface area contributed by atoms with Crippen molar-refractivity contribution in [2.45, 2.75) is 52.7 Å². The minimum atomic E-state index is -0.389. The standard InChI is InChI=1S/C16H25FN2O/c1-10(2)9-19(12-5-6-12)15-8-16(20-11(3)4)13(17)7-14(15)18/h7-8,10-12H,5-6,9,18H2,1-4H3. The molecule has 1 aliphatic rings. The van der Waals surface area contributed by atoms with Gasteiger partial charge in [-0.25, -0.2) is 4.39 Å². The molecule has 1 aliphatic carbocycles. The van der Waals surface area contributed by atoms with E-state index >= 15 is 0 Å². The lowest BCUT2D eigenvalue weighted by atomic mass is 10.1. The van der Waals surface area contributed by atoms with Crippen molar-refractivity contribution in [2.75, 3.05) is 17.2 Å². The summed E-state index contributed by atoms with van der Waals surface area (Å²) in [7, 11) is 0. The van der Waals surface area contributed by atoms with Crippen LogP contribution in [0.5, 0.6) is 5.75 Å². The summed E-state index contributed by atoms with van der Waals surface area (Å²) >= 11 is 0. The molecule has 0 aliphatic heterocycles. The Morgan fingerprint density at radius 2 is 1.95 bits per heavy atom. The average molecular weight is 280 g/mol. The SMILES string of the molecule is CC(C)CN(c1cc(OC(C)C)c(F)cc1N)C1CC1. The van der Waals surface area contributed by atoms with Gasteiger partial charge < -0.3 is 15.4 Å². The van der Waals surface area contributed by atoms with Crippen LogP contribution in [-0.4, -0.2) is 18.7 Å². The molecule has 4 heteroatoms. The Balaban J connectivity index is 2.32. The molecule has 0 atom stereocenters. The van der Waals surface area contributed by atoms with Gasteiger partial charge in [0, 0.05) is 24.7 Å². The molecule has 1 saturated carbocycles. The van der Waals surface area contributed by atoms with E-state index in [1.54, 1.807) is 6.07 Å². The summed E-state index contributed by atoms with van der Waals surface area (Å²) in [4.78, 5) is 2.30. The second-order valence-electron chi connectivity index (χ2n) is 6.29. The minimum Gasteiger partial charge on any atom is -0.488 e. The third-order valence-corrected chi connectivity index (χ3v) is 3.30. The lowest BCUT2D eigenvalue weighted by Crippen LogP contribution is -2.30. The maximum Gasteiger partial charge on any atom is 0.167 e. The van der Waals surface area contributed by atoms with Crippen LogP contribution in [0.3, 0.4) is 0 Å². The van der Waals surface area contributed by atoms with E-state index in [0.29, 0.717) is 23.4 Å². The van der Waals surface area contributed by atoms with E-state index in [1.807, 2.05) is 13.8 Å². The van der Waals surface area contributed by atoms with E-state index in [1.165, 1.54) is 18.9 Å². The zero-order chi connectivity index (χ0) is 14.9. The number of nitrogens with zero attached hydrogens (tertiary/aromatic N) is 1. The van der Waals surface area contributed by atoms with E-state index in [4.69, 9.17) is 10.5 Å². The molecule has 1 fully saturated rings. The highest BCUT2D eigenvalue weighted by atomic mass is 19.1. The number of halogens is 1. The van der Waals surface area contributed by atoms with E-state index in [0.717, 1.165) is 12.2 Å². The molecule has 0 radical (unpaired) electrons. The smallest absolute Gasteiger partial charge is 0.167 e. The number of rotatable bonds is 6. The van der Waals surface area contributed by atoms with Crippen molar-refractivity contribution < 1.29 is 9.13 Å². The van der Waals surface area contributed by atoms with Gasteiger partial charge in [0.05, 0.1) is 17.5 Å². The van der Waals surface area contributed by atoms with Crippen molar-refractivity contribution in [1.82, 2.24) is 0 Å². The molecule has 20 heavy (non-hydrogen) atoms. The third-order valence-electron chi connectivity index (χ3n) is 3.30. The molecule has 112 valence electrons. The highest BCUT2D eigenvalue weighted by Crippen LogP contribution is 2.38. The number of nitrogens with two attached hydrogens (primary N) is 1. The van der Waals surface area contributed by atoms with Gasteiger partial charge in [-0.05, 0) is 32.6 Å². The lowest BCUT2D eigenvalue weighted by molar-refractivity contribution is 0.231. The predicted molar refractivity (Wildman–Crippen MR) is 81.8 cm³/mol. The molecule has 0 saturated heterocycles. The molecular weight excluding hydrogens is 255 g/mol. The second kappa shape index (κ2) is 5.90. The third kappa shape index (κ3) is 3.56. The first-order chi connectivity index (χ1) is 9.38. The summed E-state index contributed by atoms with van der Waals surface area (Å²) < 4.78 is 19.4. The Morgan fingerprint density at radius 3 is 2.45 bits per heavy atom. The minimum absolute atomic E-state index is 0.0551. The van der Waals surface area contributed by atoms with Crippen molar-refractivity contribution in [3.8, 4) is 5.75 Å². The van der Waals surface area contributed by atoms with Crippen LogP contribution in [0.1, 0.15) is 40.5 Å². The van der Waals surface area contributed by atoms with Gasteiger partial charge in [0.25, 0.3) is 0 Å². The molecule has 2 rings (SSSR count). The van der Waals surface area contributed by atoms with Crippen molar-refractivity contribution in [3.05, 3.63) is 17.9 Å². The summed E-state index contributed by atoms with van der Waals surface area (Å²) in [6, 6.07) is 3.67. The number of hydrogen-bond acceptors (Lipinski definition) is 3. The molecule has 0 aromatic heterocycles. The van der Waals surface area contributed by atoms with Gasteiger partial charge in [0.15, 0.2) is 11.6 Å². The Morgan fingerprint density at radius 1 is 1.30 bits per heavy atom. The maximum absolute atomic E-state index is 13.9. The van der Waals surface area contributed by atoms with Crippen LogP contribution in [0.25, 0.3) is 0 Å². The highest BCUT2D eigenvalue weighted by molar-refractivity contribution is 5.71. The monoisotopic (exact) mass is 280 g/mol. The van der Waals surface area contributed by atoms with Gasteiger partial charge >= 0.3 is 0 Å². The fourth-order valence-corrected chi connectivity index (χ4v) is 2.37. The van der Waals surface area contributed by atoms with Crippen LogP contribution in [0.4, 0.5) is 15.8 Å². The summed E-state index contributed by atoms with van der Waals surface area (Å²) in [5.41, 5.74) is 7.42. The van der Waals surface area contributed by atoms with Crippen LogP contribution in [0, 0.1) is 11.7 Å². The summed E-state index contributed by atoms with van der Waals surface area (Å²) in [5, 5.41) is 0. The van der Waals surface area contributed by atoms with Crippen molar-refractivity contribution >= 4 is 11.4 Å². The molecule has 1 aromatic carbocycles. The van der Waals surface area contributed by atoms with E-state index in [9.17, 15) is 4.39 Å². The molecule has 2 N–H and O–H groups in total. The topological polar surface area (TPSA) is 38.5 Å². The Hall–Kier alpha value is -1.45. The average Bonchev–Trinajstić information content (AvgIpc) is 3.13. The second-order valence-corrected chi connectivity index (χ2v) is 6.29. The van der Waals surface area contributed by atoms with Gasteiger partial charge in [-0.3, -0.25) is 0 Å². The van der Waals surface area contributed by atoms with Crippen LogP contribution in [0.15, 0.2) is 12.1 Å². The summed E-state index contributed by atoms with van der Waals surface area (Å²) in [5.74, 6) is 0.438. The van der Waals surface area contributed by atoms with Gasteiger partial charge in [-0.2, -0.15) is 0 Å². The number of benzene rings is 1. The number of nitrogen functional groups attached to an aromatic ring is 1. The fraction of sp³-hybridized carbons (Fsp3) is 0.625. The number of anilines is 2. The first-order valence-corrected chi connectivity index (χ1v) is 7.40. The molecule has 0 spiro atoms. The quantitative estimate of drug-likeness (QED) is 0.805. The first-order valence-electron chi connectivity index (χ1n) is 7.40. The van der Waals surface area contributed by atoms with Gasteiger partial charge in [0.2, 0.25) is 0 Å². The Labute approximate surface area is 120 Å². The predicted octanol–water partition coefficient (Wildman–Crippen LogP) is 3.82. The normalized spacial score (nSPS) is 14.9.